The molecule has 1 aromatic carbocycles. The zero-order valence-corrected chi connectivity index (χ0v) is 14.5. The number of anilines is 1. The molecule has 2 heterocycles. The van der Waals surface area contributed by atoms with Crippen LogP contribution in [-0.2, 0) is 16.6 Å². The molecular formula is C16H12BrN3O2S. The molecule has 1 N–H and O–H groups in total. The SMILES string of the molecule is Cn1cccc1C=C1C(=O)NC(=S)N(c2ccc(Br)cc2)C1=O. The maximum atomic E-state index is 12.8. The Morgan fingerprint density at radius 3 is 2.48 bits per heavy atom. The van der Waals surface area contributed by atoms with Crippen molar-refractivity contribution in [2.45, 2.75) is 0 Å². The summed E-state index contributed by atoms with van der Waals surface area (Å²) in [7, 11) is 1.84. The van der Waals surface area contributed by atoms with Crippen molar-refractivity contribution in [2.75, 3.05) is 4.90 Å². The second-order valence-corrected chi connectivity index (χ2v) is 6.28. The smallest absolute Gasteiger partial charge is 0.270 e. The zero-order chi connectivity index (χ0) is 16.6. The molecule has 116 valence electrons. The summed E-state index contributed by atoms with van der Waals surface area (Å²) in [5.74, 6) is -0.933. The number of carbonyl (C=O) groups is 2. The van der Waals surface area contributed by atoms with E-state index in [-0.39, 0.29) is 10.7 Å². The summed E-state index contributed by atoms with van der Waals surface area (Å²) in [6, 6.07) is 10.8. The van der Waals surface area contributed by atoms with Crippen LogP contribution < -0.4 is 10.2 Å². The van der Waals surface area contributed by atoms with Crippen LogP contribution in [0.2, 0.25) is 0 Å². The Morgan fingerprint density at radius 1 is 1.17 bits per heavy atom. The molecule has 5 nitrogen and oxygen atoms in total. The predicted molar refractivity (Wildman–Crippen MR) is 95.8 cm³/mol. The first kappa shape index (κ1) is 15.6. The Labute approximate surface area is 146 Å². The van der Waals surface area contributed by atoms with Crippen LogP contribution in [0, 0.1) is 0 Å². The molecule has 23 heavy (non-hydrogen) atoms. The van der Waals surface area contributed by atoms with E-state index in [1.54, 1.807) is 18.2 Å². The van der Waals surface area contributed by atoms with E-state index >= 15 is 0 Å². The van der Waals surface area contributed by atoms with Gasteiger partial charge in [-0.05, 0) is 54.7 Å². The molecule has 0 bridgehead atoms. The molecule has 2 aromatic rings. The number of aryl methyl sites for hydroxylation is 1. The molecule has 1 fully saturated rings. The van der Waals surface area contributed by atoms with Gasteiger partial charge >= 0.3 is 0 Å². The Morgan fingerprint density at radius 2 is 1.87 bits per heavy atom. The molecule has 1 aromatic heterocycles. The third kappa shape index (κ3) is 2.97. The van der Waals surface area contributed by atoms with Crippen LogP contribution in [0.3, 0.4) is 0 Å². The quantitative estimate of drug-likeness (QED) is 0.487. The average molecular weight is 390 g/mol. The number of carbonyl (C=O) groups excluding carboxylic acids is 2. The van der Waals surface area contributed by atoms with E-state index in [1.165, 1.54) is 4.90 Å². The van der Waals surface area contributed by atoms with Gasteiger partial charge in [-0.2, -0.15) is 0 Å². The summed E-state index contributed by atoms with van der Waals surface area (Å²) in [6.07, 6.45) is 3.40. The van der Waals surface area contributed by atoms with Crippen molar-refractivity contribution in [3.8, 4) is 0 Å². The lowest BCUT2D eigenvalue weighted by atomic mass is 10.1. The lowest BCUT2D eigenvalue weighted by Crippen LogP contribution is -2.54. The van der Waals surface area contributed by atoms with Crippen LogP contribution in [0.1, 0.15) is 5.69 Å². The Kier molecular flexibility index (Phi) is 4.14. The first-order chi connectivity index (χ1) is 11.0. The standard InChI is InChI=1S/C16H12BrN3O2S/c1-19-8-2-3-12(19)9-13-14(21)18-16(23)20(15(13)22)11-6-4-10(17)5-7-11/h2-9H,1H3,(H,18,21,23). The lowest BCUT2D eigenvalue weighted by Gasteiger charge is -2.28. The van der Waals surface area contributed by atoms with Crippen molar-refractivity contribution < 1.29 is 9.59 Å². The molecular weight excluding hydrogens is 378 g/mol. The highest BCUT2D eigenvalue weighted by Crippen LogP contribution is 2.23. The van der Waals surface area contributed by atoms with Crippen LogP contribution in [0.4, 0.5) is 5.69 Å². The van der Waals surface area contributed by atoms with Gasteiger partial charge in [-0.15, -0.1) is 0 Å². The summed E-state index contributed by atoms with van der Waals surface area (Å²) < 4.78 is 2.71. The van der Waals surface area contributed by atoms with Gasteiger partial charge in [0.05, 0.1) is 5.69 Å². The van der Waals surface area contributed by atoms with Crippen LogP contribution >= 0.6 is 28.1 Å². The summed E-state index contributed by atoms with van der Waals surface area (Å²) >= 11 is 8.50. The lowest BCUT2D eigenvalue weighted by molar-refractivity contribution is -0.122. The molecule has 1 aliphatic heterocycles. The number of benzene rings is 1. The third-order valence-corrected chi connectivity index (χ3v) is 4.28. The fraction of sp³-hybridized carbons (Fsp3) is 0.0625. The fourth-order valence-electron chi connectivity index (χ4n) is 2.25. The number of rotatable bonds is 2. The van der Waals surface area contributed by atoms with E-state index in [0.29, 0.717) is 5.69 Å². The van der Waals surface area contributed by atoms with Crippen molar-refractivity contribution in [3.05, 3.63) is 58.3 Å². The minimum Gasteiger partial charge on any atom is -0.351 e. The van der Waals surface area contributed by atoms with Gasteiger partial charge in [0.25, 0.3) is 11.8 Å². The van der Waals surface area contributed by atoms with Gasteiger partial charge in [0.15, 0.2) is 5.11 Å². The fourth-order valence-corrected chi connectivity index (χ4v) is 2.80. The number of amides is 2. The van der Waals surface area contributed by atoms with Gasteiger partial charge in [0, 0.05) is 23.4 Å². The van der Waals surface area contributed by atoms with Gasteiger partial charge < -0.3 is 4.57 Å². The highest BCUT2D eigenvalue weighted by molar-refractivity contribution is 9.10. The minimum absolute atomic E-state index is 0.0447. The Hall–Kier alpha value is -2.25. The van der Waals surface area contributed by atoms with E-state index < -0.39 is 11.8 Å². The molecule has 3 rings (SSSR count). The predicted octanol–water partition coefficient (Wildman–Crippen LogP) is 2.62. The number of halogens is 1. The first-order valence-electron chi connectivity index (χ1n) is 6.76. The number of aromatic nitrogens is 1. The second-order valence-electron chi connectivity index (χ2n) is 4.98. The van der Waals surface area contributed by atoms with Crippen molar-refractivity contribution in [2.24, 2.45) is 7.05 Å². The molecule has 1 saturated heterocycles. The summed E-state index contributed by atoms with van der Waals surface area (Å²) in [6.45, 7) is 0. The van der Waals surface area contributed by atoms with E-state index in [4.69, 9.17) is 12.2 Å². The maximum absolute atomic E-state index is 12.8. The highest BCUT2D eigenvalue weighted by Gasteiger charge is 2.34. The summed E-state index contributed by atoms with van der Waals surface area (Å²) in [4.78, 5) is 26.2. The largest absolute Gasteiger partial charge is 0.351 e. The summed E-state index contributed by atoms with van der Waals surface area (Å²) in [5.41, 5.74) is 1.40. The highest BCUT2D eigenvalue weighted by atomic mass is 79.9. The molecule has 0 atom stereocenters. The van der Waals surface area contributed by atoms with E-state index in [2.05, 4.69) is 21.2 Å². The molecule has 0 unspecified atom stereocenters. The topological polar surface area (TPSA) is 54.3 Å². The maximum Gasteiger partial charge on any atom is 0.270 e. The number of hydrogen-bond acceptors (Lipinski definition) is 3. The molecule has 2 amide bonds. The number of thiocarbonyl (C=S) groups is 1. The van der Waals surface area contributed by atoms with Gasteiger partial charge in [-0.25, -0.2) is 0 Å². The number of nitrogens with zero attached hydrogens (tertiary/aromatic N) is 2. The second kappa shape index (κ2) is 6.10. The minimum atomic E-state index is -0.491. The van der Waals surface area contributed by atoms with Crippen LogP contribution in [0.15, 0.2) is 52.6 Å². The number of hydrogen-bond donors (Lipinski definition) is 1. The molecule has 7 heteroatoms. The zero-order valence-electron chi connectivity index (χ0n) is 12.1. The van der Waals surface area contributed by atoms with E-state index in [1.807, 2.05) is 42.1 Å². The van der Waals surface area contributed by atoms with Crippen molar-refractivity contribution in [1.29, 1.82) is 0 Å². The van der Waals surface area contributed by atoms with Gasteiger partial charge in [-0.3, -0.25) is 19.8 Å². The third-order valence-electron chi connectivity index (χ3n) is 3.46. The summed E-state index contributed by atoms with van der Waals surface area (Å²) in [5, 5.41) is 2.64. The number of nitrogens with one attached hydrogen (secondary N) is 1. The van der Waals surface area contributed by atoms with E-state index in [9.17, 15) is 9.59 Å². The Balaban J connectivity index is 2.02. The normalized spacial score (nSPS) is 16.9. The molecule has 0 spiro atoms. The van der Waals surface area contributed by atoms with Crippen molar-refractivity contribution in [3.63, 3.8) is 0 Å². The van der Waals surface area contributed by atoms with Crippen molar-refractivity contribution in [1.82, 2.24) is 9.88 Å². The van der Waals surface area contributed by atoms with Gasteiger partial charge in [-0.1, -0.05) is 15.9 Å². The van der Waals surface area contributed by atoms with Crippen LogP contribution in [0.5, 0.6) is 0 Å². The molecule has 0 aliphatic carbocycles. The van der Waals surface area contributed by atoms with Gasteiger partial charge in [0.1, 0.15) is 5.57 Å². The average Bonchev–Trinajstić information content (AvgIpc) is 2.90. The van der Waals surface area contributed by atoms with E-state index in [0.717, 1.165) is 10.2 Å². The first-order valence-corrected chi connectivity index (χ1v) is 7.96. The van der Waals surface area contributed by atoms with Crippen molar-refractivity contribution >= 4 is 56.8 Å². The molecule has 0 saturated carbocycles. The van der Waals surface area contributed by atoms with Crippen LogP contribution in [-0.4, -0.2) is 21.5 Å². The van der Waals surface area contributed by atoms with Gasteiger partial charge in [0.2, 0.25) is 0 Å². The van der Waals surface area contributed by atoms with Crippen LogP contribution in [0.25, 0.3) is 6.08 Å². The molecule has 0 radical (unpaired) electrons. The monoisotopic (exact) mass is 389 g/mol. The Bertz CT molecular complexity index is 839. The molecule has 1 aliphatic rings.